The van der Waals surface area contributed by atoms with Crippen molar-refractivity contribution in [1.82, 2.24) is 4.90 Å². The van der Waals surface area contributed by atoms with Crippen molar-refractivity contribution < 1.29 is 9.53 Å². The summed E-state index contributed by atoms with van der Waals surface area (Å²) >= 11 is 0. The monoisotopic (exact) mass is 200 g/mol. The molecule has 1 aliphatic heterocycles. The SMILES string of the molecule is C[C@H](N)[C@@H]1CCN1C(=O)OC(C)(C)C. The zero-order valence-corrected chi connectivity index (χ0v) is 9.41. The number of carbonyl (C=O) groups is 1. The topological polar surface area (TPSA) is 55.6 Å². The van der Waals surface area contributed by atoms with Crippen LogP contribution >= 0.6 is 0 Å². The first kappa shape index (κ1) is 11.3. The van der Waals surface area contributed by atoms with Gasteiger partial charge in [0.1, 0.15) is 5.60 Å². The Morgan fingerprint density at radius 1 is 1.57 bits per heavy atom. The van der Waals surface area contributed by atoms with Gasteiger partial charge in [0.2, 0.25) is 0 Å². The Balaban J connectivity index is 2.46. The first-order chi connectivity index (χ1) is 6.31. The average molecular weight is 200 g/mol. The highest BCUT2D eigenvalue weighted by Gasteiger charge is 2.36. The third-order valence-electron chi connectivity index (χ3n) is 2.30. The van der Waals surface area contributed by atoms with Crippen LogP contribution in [0, 0.1) is 0 Å². The molecule has 4 heteroatoms. The summed E-state index contributed by atoms with van der Waals surface area (Å²) in [6.45, 7) is 8.28. The van der Waals surface area contributed by atoms with Crippen LogP contribution in [0.25, 0.3) is 0 Å². The second-order valence-electron chi connectivity index (χ2n) is 4.89. The fraction of sp³-hybridized carbons (Fsp3) is 0.900. The second kappa shape index (κ2) is 3.77. The van der Waals surface area contributed by atoms with Crippen LogP contribution < -0.4 is 5.73 Å². The molecular formula is C10H20N2O2. The van der Waals surface area contributed by atoms with E-state index in [0.29, 0.717) is 0 Å². The Hall–Kier alpha value is -0.770. The molecule has 4 nitrogen and oxygen atoms in total. The van der Waals surface area contributed by atoms with Crippen LogP contribution in [0.2, 0.25) is 0 Å². The number of amides is 1. The van der Waals surface area contributed by atoms with E-state index in [1.807, 2.05) is 27.7 Å². The van der Waals surface area contributed by atoms with Gasteiger partial charge in [0, 0.05) is 12.6 Å². The molecule has 1 fully saturated rings. The van der Waals surface area contributed by atoms with Gasteiger partial charge in [-0.1, -0.05) is 0 Å². The Labute approximate surface area is 85.4 Å². The van der Waals surface area contributed by atoms with Gasteiger partial charge < -0.3 is 15.4 Å². The minimum atomic E-state index is -0.422. The van der Waals surface area contributed by atoms with Gasteiger partial charge in [-0.3, -0.25) is 0 Å². The third-order valence-corrected chi connectivity index (χ3v) is 2.30. The maximum Gasteiger partial charge on any atom is 0.410 e. The van der Waals surface area contributed by atoms with Crippen molar-refractivity contribution in [3.63, 3.8) is 0 Å². The van der Waals surface area contributed by atoms with E-state index in [9.17, 15) is 4.79 Å². The van der Waals surface area contributed by atoms with Crippen LogP contribution in [-0.2, 0) is 4.74 Å². The largest absolute Gasteiger partial charge is 0.444 e. The van der Waals surface area contributed by atoms with E-state index in [1.54, 1.807) is 4.90 Å². The molecule has 0 radical (unpaired) electrons. The van der Waals surface area contributed by atoms with Gasteiger partial charge in [0.25, 0.3) is 0 Å². The summed E-state index contributed by atoms with van der Waals surface area (Å²) in [5, 5.41) is 0. The lowest BCUT2D eigenvalue weighted by Gasteiger charge is -2.43. The Kier molecular flexibility index (Phi) is 3.04. The van der Waals surface area contributed by atoms with Crippen molar-refractivity contribution in [2.45, 2.75) is 51.8 Å². The maximum atomic E-state index is 11.6. The fourth-order valence-electron chi connectivity index (χ4n) is 1.50. The van der Waals surface area contributed by atoms with Crippen LogP contribution in [0.15, 0.2) is 0 Å². The van der Waals surface area contributed by atoms with Crippen molar-refractivity contribution >= 4 is 6.09 Å². The standard InChI is InChI=1S/C10H20N2O2/c1-7(11)8-5-6-12(8)9(13)14-10(2,3)4/h7-8H,5-6,11H2,1-4H3/t7-,8-/m0/s1. The van der Waals surface area contributed by atoms with Crippen LogP contribution in [0.3, 0.4) is 0 Å². The molecule has 1 heterocycles. The summed E-state index contributed by atoms with van der Waals surface area (Å²) in [5.74, 6) is 0. The molecule has 0 aromatic heterocycles. The van der Waals surface area contributed by atoms with E-state index in [0.717, 1.165) is 13.0 Å². The molecule has 0 spiro atoms. The lowest BCUT2D eigenvalue weighted by molar-refractivity contribution is -0.00895. The molecule has 82 valence electrons. The van der Waals surface area contributed by atoms with E-state index < -0.39 is 5.60 Å². The number of rotatable bonds is 1. The first-order valence-corrected chi connectivity index (χ1v) is 5.06. The molecule has 0 aromatic carbocycles. The van der Waals surface area contributed by atoms with Crippen molar-refractivity contribution in [1.29, 1.82) is 0 Å². The molecular weight excluding hydrogens is 180 g/mol. The minimum Gasteiger partial charge on any atom is -0.444 e. The highest BCUT2D eigenvalue weighted by Crippen LogP contribution is 2.22. The number of nitrogens with two attached hydrogens (primary N) is 1. The number of ether oxygens (including phenoxy) is 1. The number of carbonyl (C=O) groups excluding carboxylic acids is 1. The number of hydrogen-bond donors (Lipinski definition) is 1. The quantitative estimate of drug-likeness (QED) is 0.695. The molecule has 0 aliphatic carbocycles. The zero-order valence-electron chi connectivity index (χ0n) is 9.41. The zero-order chi connectivity index (χ0) is 10.9. The van der Waals surface area contributed by atoms with Crippen LogP contribution in [-0.4, -0.2) is 35.2 Å². The molecule has 1 rings (SSSR count). The highest BCUT2D eigenvalue weighted by molar-refractivity contribution is 5.69. The summed E-state index contributed by atoms with van der Waals surface area (Å²) in [5.41, 5.74) is 5.32. The number of nitrogens with zero attached hydrogens (tertiary/aromatic N) is 1. The lowest BCUT2D eigenvalue weighted by Crippen LogP contribution is -2.59. The van der Waals surface area contributed by atoms with E-state index in [-0.39, 0.29) is 18.2 Å². The van der Waals surface area contributed by atoms with E-state index >= 15 is 0 Å². The van der Waals surface area contributed by atoms with Gasteiger partial charge in [-0.25, -0.2) is 4.79 Å². The van der Waals surface area contributed by atoms with Crippen molar-refractivity contribution in [2.24, 2.45) is 5.73 Å². The molecule has 2 N–H and O–H groups in total. The van der Waals surface area contributed by atoms with Crippen LogP contribution in [0.4, 0.5) is 4.79 Å². The molecule has 14 heavy (non-hydrogen) atoms. The molecule has 0 aromatic rings. The predicted octanol–water partition coefficient (Wildman–Crippen LogP) is 1.34. The summed E-state index contributed by atoms with van der Waals surface area (Å²) < 4.78 is 5.25. The molecule has 1 amide bonds. The molecule has 1 saturated heterocycles. The molecule has 1 aliphatic rings. The Morgan fingerprint density at radius 2 is 2.14 bits per heavy atom. The van der Waals surface area contributed by atoms with E-state index in [1.165, 1.54) is 0 Å². The third kappa shape index (κ3) is 2.61. The van der Waals surface area contributed by atoms with Crippen molar-refractivity contribution in [2.75, 3.05) is 6.54 Å². The second-order valence-corrected chi connectivity index (χ2v) is 4.89. The number of hydrogen-bond acceptors (Lipinski definition) is 3. The van der Waals surface area contributed by atoms with Crippen LogP contribution in [0.1, 0.15) is 34.1 Å². The molecule has 0 unspecified atom stereocenters. The van der Waals surface area contributed by atoms with Crippen molar-refractivity contribution in [3.05, 3.63) is 0 Å². The summed E-state index contributed by atoms with van der Waals surface area (Å²) in [4.78, 5) is 13.3. The van der Waals surface area contributed by atoms with E-state index in [4.69, 9.17) is 10.5 Å². The summed E-state index contributed by atoms with van der Waals surface area (Å²) in [6.07, 6.45) is 0.739. The average Bonchev–Trinajstić information content (AvgIpc) is 1.75. The molecule has 2 atom stereocenters. The van der Waals surface area contributed by atoms with Gasteiger partial charge in [0.05, 0.1) is 6.04 Å². The Bertz CT molecular complexity index is 221. The minimum absolute atomic E-state index is 0.0243. The Morgan fingerprint density at radius 3 is 2.43 bits per heavy atom. The molecule has 0 bridgehead atoms. The van der Waals surface area contributed by atoms with Gasteiger partial charge >= 0.3 is 6.09 Å². The predicted molar refractivity (Wildman–Crippen MR) is 55.0 cm³/mol. The van der Waals surface area contributed by atoms with Gasteiger partial charge in [-0.15, -0.1) is 0 Å². The van der Waals surface area contributed by atoms with Gasteiger partial charge in [0.15, 0.2) is 0 Å². The fourth-order valence-corrected chi connectivity index (χ4v) is 1.50. The van der Waals surface area contributed by atoms with Gasteiger partial charge in [-0.05, 0) is 34.1 Å². The smallest absolute Gasteiger partial charge is 0.410 e. The lowest BCUT2D eigenvalue weighted by atomic mass is 9.98. The molecule has 0 saturated carbocycles. The summed E-state index contributed by atoms with van der Waals surface area (Å²) in [7, 11) is 0. The van der Waals surface area contributed by atoms with Gasteiger partial charge in [-0.2, -0.15) is 0 Å². The highest BCUT2D eigenvalue weighted by atomic mass is 16.6. The summed E-state index contributed by atoms with van der Waals surface area (Å²) in [6, 6.07) is 0.182. The first-order valence-electron chi connectivity index (χ1n) is 5.06. The number of likely N-dealkylation sites (tertiary alicyclic amines) is 1. The maximum absolute atomic E-state index is 11.6. The van der Waals surface area contributed by atoms with Crippen molar-refractivity contribution in [3.8, 4) is 0 Å². The van der Waals surface area contributed by atoms with E-state index in [2.05, 4.69) is 0 Å². The van der Waals surface area contributed by atoms with Crippen LogP contribution in [0.5, 0.6) is 0 Å². The normalized spacial score (nSPS) is 24.1.